The molecule has 1 aliphatic heterocycles. The van der Waals surface area contributed by atoms with Crippen LogP contribution in [0.4, 0.5) is 11.4 Å². The van der Waals surface area contributed by atoms with Crippen molar-refractivity contribution in [3.05, 3.63) is 141 Å². The molecule has 0 saturated carbocycles. The van der Waals surface area contributed by atoms with Gasteiger partial charge in [-0.05, 0) is 59.5 Å². The Labute approximate surface area is 248 Å². The third-order valence-electron chi connectivity index (χ3n) is 7.14. The van der Waals surface area contributed by atoms with Gasteiger partial charge in [-0.2, -0.15) is 0 Å². The second-order valence-electron chi connectivity index (χ2n) is 9.85. The molecule has 0 spiro atoms. The molecule has 208 valence electrons. The van der Waals surface area contributed by atoms with Gasteiger partial charge in [0.1, 0.15) is 0 Å². The van der Waals surface area contributed by atoms with E-state index >= 15 is 0 Å². The molecule has 1 aromatic heterocycles. The lowest BCUT2D eigenvalue weighted by atomic mass is 10.1. The van der Waals surface area contributed by atoms with Gasteiger partial charge >= 0.3 is 0 Å². The summed E-state index contributed by atoms with van der Waals surface area (Å²) in [4.78, 5) is 24.7. The molecule has 1 atom stereocenters. The summed E-state index contributed by atoms with van der Waals surface area (Å²) in [6.07, 6.45) is 2.90. The Morgan fingerprint density at radius 2 is 1.55 bits per heavy atom. The van der Waals surface area contributed by atoms with Gasteiger partial charge in [-0.3, -0.25) is 14.9 Å². The Morgan fingerprint density at radius 3 is 2.17 bits per heavy atom. The lowest BCUT2D eigenvalue weighted by molar-refractivity contribution is -0.384. The number of thioether (sulfide) groups is 1. The number of nitrogens with zero attached hydrogens (tertiary/aromatic N) is 2. The van der Waals surface area contributed by atoms with Gasteiger partial charge in [-0.15, -0.1) is 0 Å². The van der Waals surface area contributed by atoms with E-state index in [1.54, 1.807) is 12.1 Å². The summed E-state index contributed by atoms with van der Waals surface area (Å²) in [6, 6.07) is 36.8. The lowest BCUT2D eigenvalue weighted by Crippen LogP contribution is -2.30. The topological polar surface area (TPSA) is 89.2 Å². The van der Waals surface area contributed by atoms with Crippen LogP contribution >= 0.6 is 11.8 Å². The number of non-ortho nitro benzene ring substituents is 1. The highest BCUT2D eigenvalue weighted by molar-refractivity contribution is 8.05. The maximum absolute atomic E-state index is 13.1. The summed E-state index contributed by atoms with van der Waals surface area (Å²) in [5.41, 5.74) is 7.29. The number of aromatic nitrogens is 1. The van der Waals surface area contributed by atoms with Gasteiger partial charge in [0.15, 0.2) is 5.50 Å². The van der Waals surface area contributed by atoms with Crippen molar-refractivity contribution in [2.24, 2.45) is 0 Å². The molecular formula is C34H28N4O3S. The van der Waals surface area contributed by atoms with E-state index in [2.05, 4.69) is 40.3 Å². The van der Waals surface area contributed by atoms with Crippen LogP contribution in [0.1, 0.15) is 18.1 Å². The van der Waals surface area contributed by atoms with Crippen molar-refractivity contribution >= 4 is 35.1 Å². The maximum atomic E-state index is 13.1. The number of aryl methyl sites for hydroxylation is 1. The zero-order valence-electron chi connectivity index (χ0n) is 22.9. The van der Waals surface area contributed by atoms with Gasteiger partial charge in [-0.1, -0.05) is 91.5 Å². The first-order valence-corrected chi connectivity index (χ1v) is 14.5. The number of anilines is 1. The van der Waals surface area contributed by atoms with Crippen molar-refractivity contribution in [1.29, 1.82) is 0 Å². The van der Waals surface area contributed by atoms with E-state index in [1.807, 2.05) is 78.9 Å². The first-order valence-electron chi connectivity index (χ1n) is 13.7. The predicted octanol–water partition coefficient (Wildman–Crippen LogP) is 7.88. The van der Waals surface area contributed by atoms with Gasteiger partial charge in [0.2, 0.25) is 0 Å². The fourth-order valence-corrected chi connectivity index (χ4v) is 6.01. The molecule has 8 heteroatoms. The van der Waals surface area contributed by atoms with Gasteiger partial charge in [0.25, 0.3) is 11.6 Å². The highest BCUT2D eigenvalue weighted by Crippen LogP contribution is 2.39. The average Bonchev–Trinajstić information content (AvgIpc) is 3.58. The van der Waals surface area contributed by atoms with Crippen LogP contribution in [0.5, 0.6) is 0 Å². The molecule has 6 rings (SSSR count). The van der Waals surface area contributed by atoms with Crippen LogP contribution in [0.3, 0.4) is 0 Å². The monoisotopic (exact) mass is 572 g/mol. The zero-order chi connectivity index (χ0) is 29.1. The van der Waals surface area contributed by atoms with Crippen molar-refractivity contribution in [2.45, 2.75) is 18.8 Å². The normalized spacial score (nSPS) is 15.5. The lowest BCUT2D eigenvalue weighted by Gasteiger charge is -2.15. The summed E-state index contributed by atoms with van der Waals surface area (Å²) in [6.45, 7) is 2.12. The summed E-state index contributed by atoms with van der Waals surface area (Å²) < 4.78 is 2.10. The van der Waals surface area contributed by atoms with Crippen molar-refractivity contribution in [2.75, 3.05) is 5.32 Å². The van der Waals surface area contributed by atoms with E-state index in [4.69, 9.17) is 0 Å². The standard InChI is InChI=1S/C34H28N4O3S/c1-2-23-13-15-27(16-14-23)35-34-36-33(39)31(42-34)22-26-21-30(24-9-5-3-6-10-24)37(32(26)25-11-7-4-8-12-25)28-17-19-29(20-18-28)38(40)41/h3-22,34-35H,2H2,1H3,(H,36,39)/b31-22+/t34-/m1/s1. The molecule has 1 fully saturated rings. The van der Waals surface area contributed by atoms with Crippen LogP contribution in [0.2, 0.25) is 0 Å². The van der Waals surface area contributed by atoms with Crippen LogP contribution in [-0.2, 0) is 11.2 Å². The van der Waals surface area contributed by atoms with E-state index in [0.29, 0.717) is 4.91 Å². The highest BCUT2D eigenvalue weighted by Gasteiger charge is 2.28. The van der Waals surface area contributed by atoms with E-state index in [1.165, 1.54) is 29.5 Å². The zero-order valence-corrected chi connectivity index (χ0v) is 23.7. The summed E-state index contributed by atoms with van der Waals surface area (Å²) in [7, 11) is 0. The molecule has 1 amide bonds. The minimum atomic E-state index is -0.399. The van der Waals surface area contributed by atoms with Crippen LogP contribution < -0.4 is 10.6 Å². The van der Waals surface area contributed by atoms with Gasteiger partial charge < -0.3 is 15.2 Å². The first-order chi connectivity index (χ1) is 20.5. The Morgan fingerprint density at radius 1 is 0.905 bits per heavy atom. The fraction of sp³-hybridized carbons (Fsp3) is 0.0882. The summed E-state index contributed by atoms with van der Waals surface area (Å²) in [5.74, 6) is -0.147. The molecule has 4 aromatic carbocycles. The molecule has 1 saturated heterocycles. The number of nitro benzene ring substituents is 1. The summed E-state index contributed by atoms with van der Waals surface area (Å²) in [5, 5.41) is 17.8. The summed E-state index contributed by atoms with van der Waals surface area (Å²) >= 11 is 1.44. The van der Waals surface area contributed by atoms with Gasteiger partial charge in [0, 0.05) is 29.1 Å². The van der Waals surface area contributed by atoms with Crippen LogP contribution in [0, 0.1) is 10.1 Å². The van der Waals surface area contributed by atoms with E-state index in [9.17, 15) is 14.9 Å². The van der Waals surface area contributed by atoms with Crippen LogP contribution in [0.25, 0.3) is 34.3 Å². The molecule has 0 radical (unpaired) electrons. The Balaban J connectivity index is 1.45. The third-order valence-corrected chi connectivity index (χ3v) is 8.17. The van der Waals surface area contributed by atoms with Crippen LogP contribution in [0.15, 0.2) is 120 Å². The number of nitro groups is 1. The fourth-order valence-electron chi connectivity index (χ4n) is 5.04. The van der Waals surface area contributed by atoms with Crippen molar-refractivity contribution in [3.63, 3.8) is 0 Å². The number of hydrogen-bond donors (Lipinski definition) is 2. The molecule has 0 unspecified atom stereocenters. The maximum Gasteiger partial charge on any atom is 0.269 e. The quantitative estimate of drug-likeness (QED) is 0.112. The molecule has 5 aromatic rings. The van der Waals surface area contributed by atoms with E-state index in [0.717, 1.165) is 45.9 Å². The average molecular weight is 573 g/mol. The third kappa shape index (κ3) is 5.57. The van der Waals surface area contributed by atoms with Crippen LogP contribution in [-0.4, -0.2) is 20.9 Å². The number of benzene rings is 4. The molecular weight excluding hydrogens is 544 g/mol. The Hall–Kier alpha value is -5.08. The molecule has 7 nitrogen and oxygen atoms in total. The number of carbonyl (C=O) groups excluding carboxylic acids is 1. The second kappa shape index (κ2) is 11.8. The Kier molecular flexibility index (Phi) is 7.62. The van der Waals surface area contributed by atoms with Crippen molar-refractivity contribution < 1.29 is 9.72 Å². The Bertz CT molecular complexity index is 1760. The highest BCUT2D eigenvalue weighted by atomic mass is 32.2. The second-order valence-corrected chi connectivity index (χ2v) is 11.0. The smallest absolute Gasteiger partial charge is 0.269 e. The molecule has 0 aliphatic carbocycles. The van der Waals surface area contributed by atoms with Gasteiger partial charge in [-0.25, -0.2) is 0 Å². The molecule has 0 bridgehead atoms. The van der Waals surface area contributed by atoms with Gasteiger partial charge in [0.05, 0.1) is 21.2 Å². The molecule has 1 aliphatic rings. The van der Waals surface area contributed by atoms with Crippen molar-refractivity contribution in [3.8, 4) is 28.2 Å². The van der Waals surface area contributed by atoms with E-state index in [-0.39, 0.29) is 17.1 Å². The first kappa shape index (κ1) is 27.1. The minimum Gasteiger partial charge on any atom is -0.357 e. The number of carbonyl (C=O) groups is 1. The number of nitrogens with one attached hydrogen (secondary N) is 2. The minimum absolute atomic E-state index is 0.0256. The predicted molar refractivity (Wildman–Crippen MR) is 170 cm³/mol. The molecule has 42 heavy (non-hydrogen) atoms. The number of rotatable bonds is 8. The number of amides is 1. The molecule has 2 heterocycles. The number of hydrogen-bond acceptors (Lipinski definition) is 5. The van der Waals surface area contributed by atoms with E-state index < -0.39 is 4.92 Å². The van der Waals surface area contributed by atoms with Crippen molar-refractivity contribution in [1.82, 2.24) is 9.88 Å². The largest absolute Gasteiger partial charge is 0.357 e. The SMILES string of the molecule is CCc1ccc(N[C@@H]2NC(=O)/C(=C\c3cc(-c4ccccc4)n(-c4ccc([N+](=O)[O-])cc4)c3-c3ccccc3)S2)cc1. The molecule has 2 N–H and O–H groups in total.